The van der Waals surface area contributed by atoms with Crippen molar-refractivity contribution < 1.29 is 28.4 Å². The van der Waals surface area contributed by atoms with Gasteiger partial charge in [-0.2, -0.15) is 0 Å². The van der Waals surface area contributed by atoms with Crippen LogP contribution in [0.1, 0.15) is 22.3 Å². The summed E-state index contributed by atoms with van der Waals surface area (Å²) in [5, 5.41) is 0.834. The average Bonchev–Trinajstić information content (AvgIpc) is 2.64. The van der Waals surface area contributed by atoms with Crippen LogP contribution in [0.3, 0.4) is 0 Å². The molecule has 0 aliphatic carbocycles. The van der Waals surface area contributed by atoms with Gasteiger partial charge in [-0.3, -0.25) is 0 Å². The second kappa shape index (κ2) is 13.3. The highest BCUT2D eigenvalue weighted by molar-refractivity contribution is 9.09. The van der Waals surface area contributed by atoms with Gasteiger partial charge >= 0.3 is 0 Å². The lowest BCUT2D eigenvalue weighted by Gasteiger charge is -2.22. The molecule has 0 fully saturated rings. The summed E-state index contributed by atoms with van der Waals surface area (Å²) in [6.45, 7) is 8.60. The van der Waals surface area contributed by atoms with Crippen LogP contribution in [-0.2, 0) is 25.4 Å². The van der Waals surface area contributed by atoms with Gasteiger partial charge in [-0.1, -0.05) is 15.9 Å². The summed E-state index contributed by atoms with van der Waals surface area (Å²) in [5.41, 5.74) is 4.28. The molecule has 6 nitrogen and oxygen atoms in total. The SMILES string of the molecule is COCCOCOc1c(C)c(C)c(OCOCCOC)c(CCBr)c1C. The van der Waals surface area contributed by atoms with Gasteiger partial charge in [-0.05, 0) is 43.9 Å². The average molecular weight is 435 g/mol. The second-order valence-corrected chi connectivity index (χ2v) is 6.57. The number of rotatable bonds is 14. The van der Waals surface area contributed by atoms with Crippen LogP contribution in [-0.4, -0.2) is 59.6 Å². The summed E-state index contributed by atoms with van der Waals surface area (Å²) in [7, 11) is 3.29. The maximum atomic E-state index is 5.94. The number of benzene rings is 1. The van der Waals surface area contributed by atoms with Crippen molar-refractivity contribution in [1.82, 2.24) is 0 Å². The minimum Gasteiger partial charge on any atom is -0.467 e. The first-order chi connectivity index (χ1) is 12.6. The fourth-order valence-corrected chi connectivity index (χ4v) is 2.96. The lowest BCUT2D eigenvalue weighted by atomic mass is 9.96. The van der Waals surface area contributed by atoms with E-state index in [4.69, 9.17) is 28.4 Å². The molecular formula is C19H31BrO6. The van der Waals surface area contributed by atoms with E-state index in [-0.39, 0.29) is 13.6 Å². The molecule has 1 aromatic carbocycles. The molecule has 0 amide bonds. The molecule has 0 radical (unpaired) electrons. The van der Waals surface area contributed by atoms with Gasteiger partial charge in [0, 0.05) is 25.1 Å². The normalized spacial score (nSPS) is 11.0. The summed E-state index contributed by atoms with van der Waals surface area (Å²) in [6.07, 6.45) is 0.835. The topological polar surface area (TPSA) is 55.4 Å². The van der Waals surface area contributed by atoms with Crippen molar-refractivity contribution in [2.45, 2.75) is 27.2 Å². The lowest BCUT2D eigenvalue weighted by Crippen LogP contribution is -2.13. The maximum Gasteiger partial charge on any atom is 0.189 e. The summed E-state index contributed by atoms with van der Waals surface area (Å²) in [6, 6.07) is 0. The van der Waals surface area contributed by atoms with Crippen molar-refractivity contribution in [2.24, 2.45) is 0 Å². The van der Waals surface area contributed by atoms with Gasteiger partial charge in [0.15, 0.2) is 13.6 Å². The molecule has 0 unspecified atom stereocenters. The minimum atomic E-state index is 0.193. The van der Waals surface area contributed by atoms with Gasteiger partial charge in [0.25, 0.3) is 0 Å². The molecule has 0 aliphatic heterocycles. The number of hydrogen-bond donors (Lipinski definition) is 0. The molecule has 26 heavy (non-hydrogen) atoms. The second-order valence-electron chi connectivity index (χ2n) is 5.78. The first kappa shape index (κ1) is 23.2. The van der Waals surface area contributed by atoms with E-state index in [2.05, 4.69) is 15.9 Å². The molecule has 1 aromatic rings. The highest BCUT2D eigenvalue weighted by Crippen LogP contribution is 2.38. The fourth-order valence-electron chi connectivity index (χ4n) is 2.57. The minimum absolute atomic E-state index is 0.193. The molecule has 0 aromatic heterocycles. The molecule has 0 spiro atoms. The quantitative estimate of drug-likeness (QED) is 0.253. The van der Waals surface area contributed by atoms with Crippen LogP contribution in [0.25, 0.3) is 0 Å². The van der Waals surface area contributed by atoms with Crippen molar-refractivity contribution in [3.05, 3.63) is 22.3 Å². The van der Waals surface area contributed by atoms with Gasteiger partial charge in [-0.15, -0.1) is 0 Å². The Balaban J connectivity index is 2.90. The number of halogens is 1. The third-order valence-corrected chi connectivity index (χ3v) is 4.49. The van der Waals surface area contributed by atoms with Crippen LogP contribution in [0, 0.1) is 20.8 Å². The highest BCUT2D eigenvalue weighted by atomic mass is 79.9. The van der Waals surface area contributed by atoms with E-state index in [1.807, 2.05) is 20.8 Å². The third kappa shape index (κ3) is 7.04. The van der Waals surface area contributed by atoms with E-state index in [9.17, 15) is 0 Å². The van der Waals surface area contributed by atoms with E-state index in [1.165, 1.54) is 0 Å². The van der Waals surface area contributed by atoms with Crippen LogP contribution in [0.15, 0.2) is 0 Å². The monoisotopic (exact) mass is 434 g/mol. The van der Waals surface area contributed by atoms with Crippen LogP contribution in [0.4, 0.5) is 0 Å². The number of alkyl halides is 1. The summed E-state index contributed by atoms with van der Waals surface area (Å²) in [5.74, 6) is 1.72. The molecule has 150 valence electrons. The molecular weight excluding hydrogens is 404 g/mol. The zero-order valence-electron chi connectivity index (χ0n) is 16.5. The Labute approximate surface area is 165 Å². The van der Waals surface area contributed by atoms with E-state index in [1.54, 1.807) is 14.2 Å². The standard InChI is InChI=1S/C19H31BrO6/c1-14-15(2)19(26-13-24-11-9-22-5)17(6-7-20)16(3)18(14)25-12-23-10-8-21-4/h6-13H2,1-5H3. The van der Waals surface area contributed by atoms with Crippen LogP contribution in [0.5, 0.6) is 11.5 Å². The largest absolute Gasteiger partial charge is 0.467 e. The Kier molecular flexibility index (Phi) is 11.9. The van der Waals surface area contributed by atoms with Crippen molar-refractivity contribution in [3.8, 4) is 11.5 Å². The number of methoxy groups -OCH3 is 2. The number of ether oxygens (including phenoxy) is 6. The van der Waals surface area contributed by atoms with Gasteiger partial charge in [-0.25, -0.2) is 0 Å². The molecule has 0 heterocycles. The first-order valence-electron chi connectivity index (χ1n) is 8.65. The Bertz CT molecular complexity index is 535. The maximum absolute atomic E-state index is 5.94. The molecule has 7 heteroatoms. The van der Waals surface area contributed by atoms with Crippen molar-refractivity contribution in [2.75, 3.05) is 59.6 Å². The number of hydrogen-bond acceptors (Lipinski definition) is 6. The van der Waals surface area contributed by atoms with E-state index in [0.717, 1.165) is 45.5 Å². The Morgan fingerprint density at radius 2 is 1.19 bits per heavy atom. The summed E-state index contributed by atoms with van der Waals surface area (Å²) < 4.78 is 32.7. The highest BCUT2D eigenvalue weighted by Gasteiger charge is 2.19. The van der Waals surface area contributed by atoms with E-state index >= 15 is 0 Å². The van der Waals surface area contributed by atoms with Gasteiger partial charge in [0.1, 0.15) is 11.5 Å². The van der Waals surface area contributed by atoms with Crippen LogP contribution < -0.4 is 9.47 Å². The molecule has 0 atom stereocenters. The lowest BCUT2D eigenvalue weighted by molar-refractivity contribution is -0.0112. The van der Waals surface area contributed by atoms with E-state index < -0.39 is 0 Å². The van der Waals surface area contributed by atoms with Gasteiger partial charge in [0.2, 0.25) is 0 Å². The molecule has 0 bridgehead atoms. The molecule has 1 rings (SSSR count). The van der Waals surface area contributed by atoms with Crippen LogP contribution >= 0.6 is 15.9 Å². The molecule has 0 N–H and O–H groups in total. The van der Waals surface area contributed by atoms with Gasteiger partial charge in [0.05, 0.1) is 26.4 Å². The Morgan fingerprint density at radius 3 is 1.69 bits per heavy atom. The summed E-state index contributed by atoms with van der Waals surface area (Å²) in [4.78, 5) is 0. The zero-order valence-corrected chi connectivity index (χ0v) is 18.1. The van der Waals surface area contributed by atoms with Crippen molar-refractivity contribution in [3.63, 3.8) is 0 Å². The van der Waals surface area contributed by atoms with Crippen molar-refractivity contribution in [1.29, 1.82) is 0 Å². The van der Waals surface area contributed by atoms with Gasteiger partial charge < -0.3 is 28.4 Å². The Hall–Kier alpha value is -0.860. The third-order valence-electron chi connectivity index (χ3n) is 4.09. The first-order valence-corrected chi connectivity index (χ1v) is 9.78. The predicted octanol–water partition coefficient (Wildman–Crippen LogP) is 3.55. The predicted molar refractivity (Wildman–Crippen MR) is 105 cm³/mol. The van der Waals surface area contributed by atoms with E-state index in [0.29, 0.717) is 26.4 Å². The molecule has 0 saturated carbocycles. The Morgan fingerprint density at radius 1 is 0.692 bits per heavy atom. The molecule has 0 aliphatic rings. The smallest absolute Gasteiger partial charge is 0.189 e. The zero-order chi connectivity index (χ0) is 19.4. The fraction of sp³-hybridized carbons (Fsp3) is 0.684. The van der Waals surface area contributed by atoms with Crippen LogP contribution in [0.2, 0.25) is 0 Å². The molecule has 0 saturated heterocycles. The van der Waals surface area contributed by atoms with Crippen molar-refractivity contribution >= 4 is 15.9 Å². The summed E-state index contributed by atoms with van der Waals surface area (Å²) >= 11 is 3.52.